The van der Waals surface area contributed by atoms with Crippen LogP contribution in [0.3, 0.4) is 0 Å². The van der Waals surface area contributed by atoms with Gasteiger partial charge < -0.3 is 10.5 Å². The average molecular weight is 313 g/mol. The Morgan fingerprint density at radius 3 is 2.50 bits per heavy atom. The first-order valence-corrected chi connectivity index (χ1v) is 5.62. The second-order valence-electron chi connectivity index (χ2n) is 4.09. The molecule has 112 valence electrons. The molecule has 0 saturated carbocycles. The summed E-state index contributed by atoms with van der Waals surface area (Å²) in [5, 5.41) is 0. The van der Waals surface area contributed by atoms with Crippen LogP contribution in [0, 0.1) is 0 Å². The van der Waals surface area contributed by atoms with Crippen molar-refractivity contribution in [1.82, 2.24) is 4.90 Å². The molecule has 0 aromatic rings. The molecule has 1 heterocycles. The highest BCUT2D eigenvalue weighted by molar-refractivity contribution is 5.85. The lowest BCUT2D eigenvalue weighted by Gasteiger charge is -2.32. The summed E-state index contributed by atoms with van der Waals surface area (Å²) in [6.45, 7) is 3.07. The van der Waals surface area contributed by atoms with Crippen LogP contribution < -0.4 is 5.73 Å². The largest absolute Gasteiger partial charge is 0.389 e. The molecule has 1 unspecified atom stereocenters. The number of hydrogen-bond acceptors (Lipinski definition) is 3. The van der Waals surface area contributed by atoms with Crippen molar-refractivity contribution in [2.24, 2.45) is 5.73 Å². The number of hydrogen-bond donors (Lipinski definition) is 1. The van der Waals surface area contributed by atoms with Gasteiger partial charge >= 0.3 is 6.18 Å². The molecular formula is C10H21Cl2F3N2O. The van der Waals surface area contributed by atoms with Crippen LogP contribution in [0.2, 0.25) is 0 Å². The number of alkyl halides is 3. The number of ether oxygens (including phenoxy) is 1. The first-order valence-electron chi connectivity index (χ1n) is 5.62. The summed E-state index contributed by atoms with van der Waals surface area (Å²) in [7, 11) is 0. The van der Waals surface area contributed by atoms with Crippen LogP contribution in [-0.4, -0.2) is 50.0 Å². The average Bonchev–Trinajstić information content (AvgIpc) is 2.17. The van der Waals surface area contributed by atoms with E-state index in [1.165, 1.54) is 0 Å². The Kier molecular flexibility index (Phi) is 11.5. The SMILES string of the molecule is Cl.Cl.NCCC1CN(CCCC(F)(F)F)CCO1. The highest BCUT2D eigenvalue weighted by atomic mass is 35.5. The van der Waals surface area contributed by atoms with Gasteiger partial charge in [0, 0.05) is 19.5 Å². The van der Waals surface area contributed by atoms with E-state index in [1.54, 1.807) is 0 Å². The molecule has 1 fully saturated rings. The lowest BCUT2D eigenvalue weighted by Crippen LogP contribution is -2.43. The molecule has 0 amide bonds. The Labute approximate surface area is 118 Å². The number of nitrogens with two attached hydrogens (primary N) is 1. The molecule has 0 spiro atoms. The van der Waals surface area contributed by atoms with Crippen molar-refractivity contribution in [3.8, 4) is 0 Å². The number of morpholine rings is 1. The maximum absolute atomic E-state index is 11.9. The maximum Gasteiger partial charge on any atom is 0.389 e. The predicted octanol–water partition coefficient (Wildman–Crippen LogP) is 2.22. The first-order chi connectivity index (χ1) is 7.51. The van der Waals surface area contributed by atoms with Gasteiger partial charge in [0.1, 0.15) is 0 Å². The Hall–Kier alpha value is 0.250. The smallest absolute Gasteiger partial charge is 0.376 e. The Bertz CT molecular complexity index is 206. The highest BCUT2D eigenvalue weighted by Gasteiger charge is 2.27. The van der Waals surface area contributed by atoms with E-state index in [0.29, 0.717) is 26.2 Å². The summed E-state index contributed by atoms with van der Waals surface area (Å²) >= 11 is 0. The van der Waals surface area contributed by atoms with E-state index >= 15 is 0 Å². The van der Waals surface area contributed by atoms with Gasteiger partial charge in [-0.25, -0.2) is 0 Å². The second kappa shape index (κ2) is 10.1. The van der Waals surface area contributed by atoms with Crippen LogP contribution in [0.4, 0.5) is 13.2 Å². The molecule has 2 N–H and O–H groups in total. The number of rotatable bonds is 5. The van der Waals surface area contributed by atoms with Crippen LogP contribution in [-0.2, 0) is 4.74 Å². The van der Waals surface area contributed by atoms with Gasteiger partial charge in [-0.05, 0) is 25.9 Å². The van der Waals surface area contributed by atoms with E-state index in [2.05, 4.69) is 0 Å². The fourth-order valence-corrected chi connectivity index (χ4v) is 1.85. The van der Waals surface area contributed by atoms with Crippen LogP contribution >= 0.6 is 24.8 Å². The molecule has 0 radical (unpaired) electrons. The molecule has 1 aliphatic heterocycles. The molecule has 0 aromatic carbocycles. The van der Waals surface area contributed by atoms with Gasteiger partial charge in [0.05, 0.1) is 12.7 Å². The molecule has 0 bridgehead atoms. The minimum absolute atomic E-state index is 0. The molecule has 1 aliphatic rings. The molecule has 1 atom stereocenters. The van der Waals surface area contributed by atoms with Gasteiger partial charge in [-0.2, -0.15) is 13.2 Å². The monoisotopic (exact) mass is 312 g/mol. The van der Waals surface area contributed by atoms with Crippen LogP contribution in [0.1, 0.15) is 19.3 Å². The predicted molar refractivity (Wildman–Crippen MR) is 69.6 cm³/mol. The van der Waals surface area contributed by atoms with Gasteiger partial charge in [0.2, 0.25) is 0 Å². The minimum Gasteiger partial charge on any atom is -0.376 e. The van der Waals surface area contributed by atoms with E-state index in [9.17, 15) is 13.2 Å². The number of halogens is 5. The fourth-order valence-electron chi connectivity index (χ4n) is 1.85. The molecule has 1 saturated heterocycles. The molecule has 0 aromatic heterocycles. The second-order valence-corrected chi connectivity index (χ2v) is 4.09. The third-order valence-electron chi connectivity index (χ3n) is 2.65. The van der Waals surface area contributed by atoms with Crippen molar-refractivity contribution >= 4 is 24.8 Å². The zero-order chi connectivity index (χ0) is 12.0. The molecule has 1 rings (SSSR count). The fraction of sp³-hybridized carbons (Fsp3) is 1.00. The number of nitrogens with zero attached hydrogens (tertiary/aromatic N) is 1. The topological polar surface area (TPSA) is 38.5 Å². The Morgan fingerprint density at radius 1 is 1.28 bits per heavy atom. The summed E-state index contributed by atoms with van der Waals surface area (Å²) in [6, 6.07) is 0. The van der Waals surface area contributed by atoms with E-state index < -0.39 is 12.6 Å². The Morgan fingerprint density at radius 2 is 1.94 bits per heavy atom. The van der Waals surface area contributed by atoms with E-state index in [0.717, 1.165) is 13.0 Å². The molecule has 8 heteroatoms. The molecule has 3 nitrogen and oxygen atoms in total. The quantitative estimate of drug-likeness (QED) is 0.846. The van der Waals surface area contributed by atoms with Crippen LogP contribution in [0.25, 0.3) is 0 Å². The van der Waals surface area contributed by atoms with E-state index in [-0.39, 0.29) is 37.3 Å². The Balaban J connectivity index is 0. The zero-order valence-corrected chi connectivity index (χ0v) is 11.8. The van der Waals surface area contributed by atoms with Crippen molar-refractivity contribution in [2.75, 3.05) is 32.8 Å². The summed E-state index contributed by atoms with van der Waals surface area (Å²) in [5.41, 5.74) is 5.41. The van der Waals surface area contributed by atoms with Gasteiger partial charge in [-0.15, -0.1) is 24.8 Å². The summed E-state index contributed by atoms with van der Waals surface area (Å²) in [5.74, 6) is 0. The van der Waals surface area contributed by atoms with Crippen molar-refractivity contribution in [3.63, 3.8) is 0 Å². The maximum atomic E-state index is 11.9. The van der Waals surface area contributed by atoms with Crippen molar-refractivity contribution in [3.05, 3.63) is 0 Å². The third-order valence-corrected chi connectivity index (χ3v) is 2.65. The van der Waals surface area contributed by atoms with Gasteiger partial charge in [0.25, 0.3) is 0 Å². The van der Waals surface area contributed by atoms with Crippen molar-refractivity contribution in [2.45, 2.75) is 31.5 Å². The lowest BCUT2D eigenvalue weighted by atomic mass is 10.2. The summed E-state index contributed by atoms with van der Waals surface area (Å²) in [6.07, 6.45) is -3.71. The molecular weight excluding hydrogens is 292 g/mol. The van der Waals surface area contributed by atoms with Crippen LogP contribution in [0.15, 0.2) is 0 Å². The van der Waals surface area contributed by atoms with E-state index in [1.807, 2.05) is 4.90 Å². The van der Waals surface area contributed by atoms with Crippen molar-refractivity contribution in [1.29, 1.82) is 0 Å². The zero-order valence-electron chi connectivity index (χ0n) is 10.1. The normalized spacial score (nSPS) is 21.0. The summed E-state index contributed by atoms with van der Waals surface area (Å²) < 4.78 is 41.3. The van der Waals surface area contributed by atoms with E-state index in [4.69, 9.17) is 10.5 Å². The molecule has 0 aliphatic carbocycles. The third kappa shape index (κ3) is 9.22. The van der Waals surface area contributed by atoms with Crippen molar-refractivity contribution < 1.29 is 17.9 Å². The minimum atomic E-state index is -4.04. The van der Waals surface area contributed by atoms with Gasteiger partial charge in [-0.1, -0.05) is 0 Å². The van der Waals surface area contributed by atoms with Gasteiger partial charge in [-0.3, -0.25) is 4.90 Å². The summed E-state index contributed by atoms with van der Waals surface area (Å²) in [4.78, 5) is 2.02. The van der Waals surface area contributed by atoms with Crippen LogP contribution in [0.5, 0.6) is 0 Å². The highest BCUT2D eigenvalue weighted by Crippen LogP contribution is 2.21. The molecule has 18 heavy (non-hydrogen) atoms. The standard InChI is InChI=1S/C10H19F3N2O.2ClH/c11-10(12,13)3-1-5-15-6-7-16-9(8-15)2-4-14;;/h9H,1-8,14H2;2*1H. The lowest BCUT2D eigenvalue weighted by molar-refractivity contribution is -0.137. The first kappa shape index (κ1) is 20.6. The van der Waals surface area contributed by atoms with Gasteiger partial charge in [0.15, 0.2) is 0 Å².